The molecule has 0 radical (unpaired) electrons. The molecule has 8 rings (SSSR count). The van der Waals surface area contributed by atoms with Gasteiger partial charge >= 0.3 is 0 Å². The topological polar surface area (TPSA) is 129 Å². The molecule has 1 fully saturated rings. The van der Waals surface area contributed by atoms with Gasteiger partial charge in [-0.1, -0.05) is 67.2 Å². The number of benzene rings is 4. The van der Waals surface area contributed by atoms with Crippen LogP contribution in [0.15, 0.2) is 128 Å². The quantitative estimate of drug-likeness (QED) is 0.0279. The molecule has 0 atom stereocenters. The highest BCUT2D eigenvalue weighted by molar-refractivity contribution is 5.86. The van der Waals surface area contributed by atoms with Crippen molar-refractivity contribution >= 4 is 57.1 Å². The van der Waals surface area contributed by atoms with Gasteiger partial charge < -0.3 is 21.3 Å². The molecule has 0 aliphatic heterocycles. The second-order valence-corrected chi connectivity index (χ2v) is 15.6. The molecule has 1 aliphatic carbocycles. The Kier molecular flexibility index (Phi) is 11.4. The van der Waals surface area contributed by atoms with E-state index in [9.17, 15) is 17.6 Å². The third-order valence-electron chi connectivity index (χ3n) is 10.0. The summed E-state index contributed by atoms with van der Waals surface area (Å²) in [5, 5.41) is 18.4. The molecule has 0 spiro atoms. The zero-order valence-corrected chi connectivity index (χ0v) is 34.5. The van der Waals surface area contributed by atoms with Crippen molar-refractivity contribution in [2.45, 2.75) is 58.3 Å². The van der Waals surface area contributed by atoms with Crippen LogP contribution in [0.2, 0.25) is 0 Å². The molecule has 316 valence electrons. The molecule has 15 heteroatoms. The van der Waals surface area contributed by atoms with Crippen LogP contribution < -0.4 is 30.9 Å². The Hall–Kier alpha value is -7.29. The van der Waals surface area contributed by atoms with Crippen molar-refractivity contribution in [2.75, 3.05) is 27.8 Å². The SMILES string of the molecule is C=C(/C=C(/CNc1nc(C)cc(Nc2ccc3ccccc3c2)n1)O[n+]1[nH]c(Nc2cc(C)nc(Nc3cc(C(C)(F)F)cc(C(C)(F)F)c3)n2)cc1C1CC1)c1ccccc1. The molecule has 0 bridgehead atoms. The normalized spacial score (nSPS) is 13.2. The maximum atomic E-state index is 14.3. The predicted octanol–water partition coefficient (Wildman–Crippen LogP) is 11.1. The number of allylic oxidation sites excluding steroid dienone is 2. The van der Waals surface area contributed by atoms with E-state index in [1.165, 1.54) is 0 Å². The summed E-state index contributed by atoms with van der Waals surface area (Å²) in [4.78, 5) is 26.5. The van der Waals surface area contributed by atoms with Crippen LogP contribution in [0.1, 0.15) is 66.4 Å². The minimum Gasteiger partial charge on any atom is -0.347 e. The number of rotatable bonds is 16. The van der Waals surface area contributed by atoms with Gasteiger partial charge in [0.25, 0.3) is 17.5 Å². The number of alkyl halides is 4. The van der Waals surface area contributed by atoms with Crippen molar-refractivity contribution < 1.29 is 27.2 Å². The number of aromatic nitrogens is 6. The summed E-state index contributed by atoms with van der Waals surface area (Å²) in [6.45, 7) is 9.47. The first-order valence-corrected chi connectivity index (χ1v) is 20.1. The lowest BCUT2D eigenvalue weighted by atomic mass is 10.0. The van der Waals surface area contributed by atoms with Crippen LogP contribution in [0.25, 0.3) is 16.3 Å². The van der Waals surface area contributed by atoms with E-state index in [1.807, 2.05) is 73.7 Å². The Labute approximate surface area is 356 Å². The van der Waals surface area contributed by atoms with Crippen molar-refractivity contribution in [3.05, 3.63) is 161 Å². The number of aromatic amines is 1. The Morgan fingerprint density at radius 1 is 0.726 bits per heavy atom. The third kappa shape index (κ3) is 10.3. The summed E-state index contributed by atoms with van der Waals surface area (Å²) in [7, 11) is 0. The molecule has 3 aromatic heterocycles. The fourth-order valence-corrected chi connectivity index (χ4v) is 6.83. The molecule has 5 N–H and O–H groups in total. The lowest BCUT2D eigenvalue weighted by Gasteiger charge is -2.18. The van der Waals surface area contributed by atoms with Gasteiger partial charge in [0.05, 0.1) is 18.5 Å². The highest BCUT2D eigenvalue weighted by Crippen LogP contribution is 2.40. The van der Waals surface area contributed by atoms with Gasteiger partial charge in [-0.3, -0.25) is 0 Å². The standard InChI is InChI=1S/C47H44F4N10O/c1-28(31-11-7-6-8-12-31)19-39(27-52-44-53-29(2)20-41(58-44)55-37-18-17-32-13-9-10-14-34(32)22-37)62-61-40(33-15-16-33)26-43(60-61)57-42-21-30(3)54-45(59-42)56-38-24-35(46(4,48)49)23-36(25-38)47(5,50)51/h6-14,17-26,33H,1,15-16,27H2,2-5H3,(H4,52,53,54,55,56,57,58,59,60)/p+1/b39-19-. The minimum absolute atomic E-state index is 0.00210. The third-order valence-corrected chi connectivity index (χ3v) is 10.0. The van der Waals surface area contributed by atoms with Crippen LogP contribution >= 0.6 is 0 Å². The zero-order chi connectivity index (χ0) is 43.6. The Bertz CT molecular complexity index is 2760. The van der Waals surface area contributed by atoms with Crippen molar-refractivity contribution in [1.82, 2.24) is 25.0 Å². The molecule has 62 heavy (non-hydrogen) atoms. The maximum absolute atomic E-state index is 14.3. The van der Waals surface area contributed by atoms with Crippen molar-refractivity contribution in [2.24, 2.45) is 0 Å². The molecule has 1 saturated carbocycles. The number of halogens is 4. The lowest BCUT2D eigenvalue weighted by Crippen LogP contribution is -2.48. The summed E-state index contributed by atoms with van der Waals surface area (Å²) in [6.07, 6.45) is 3.79. The van der Waals surface area contributed by atoms with Crippen LogP contribution in [0.4, 0.5) is 58.3 Å². The molecule has 11 nitrogen and oxygen atoms in total. The average Bonchev–Trinajstić information content (AvgIpc) is 3.99. The lowest BCUT2D eigenvalue weighted by molar-refractivity contribution is -0.926. The van der Waals surface area contributed by atoms with Crippen molar-refractivity contribution in [3.63, 3.8) is 0 Å². The van der Waals surface area contributed by atoms with Gasteiger partial charge in [0.2, 0.25) is 17.7 Å². The zero-order valence-electron chi connectivity index (χ0n) is 34.5. The smallest absolute Gasteiger partial charge is 0.271 e. The fraction of sp³-hybridized carbons (Fsp3) is 0.213. The largest absolute Gasteiger partial charge is 0.347 e. The fourth-order valence-electron chi connectivity index (χ4n) is 6.83. The van der Waals surface area contributed by atoms with Gasteiger partial charge in [0.15, 0.2) is 5.82 Å². The highest BCUT2D eigenvalue weighted by atomic mass is 19.3. The van der Waals surface area contributed by atoms with Crippen LogP contribution in [0, 0.1) is 13.8 Å². The first-order chi connectivity index (χ1) is 29.6. The van der Waals surface area contributed by atoms with E-state index in [1.54, 1.807) is 17.8 Å². The van der Waals surface area contributed by atoms with Crippen LogP contribution in [-0.2, 0) is 11.8 Å². The highest BCUT2D eigenvalue weighted by Gasteiger charge is 2.37. The number of H-pyrrole nitrogens is 1. The van der Waals surface area contributed by atoms with Gasteiger partial charge in [-0.2, -0.15) is 9.97 Å². The molecule has 0 saturated heterocycles. The van der Waals surface area contributed by atoms with Gasteiger partial charge in [-0.25, -0.2) is 32.4 Å². The molecule has 0 unspecified atom stereocenters. The minimum atomic E-state index is -3.35. The first-order valence-electron chi connectivity index (χ1n) is 20.1. The molecular formula is C47H45F4N10O+. The summed E-state index contributed by atoms with van der Waals surface area (Å²) < 4.78 is 57.3. The summed E-state index contributed by atoms with van der Waals surface area (Å²) in [5.74, 6) is -4.02. The number of fused-ring (bicyclic) bond motifs is 1. The number of hydrogen-bond donors (Lipinski definition) is 5. The number of aryl methyl sites for hydroxylation is 2. The summed E-state index contributed by atoms with van der Waals surface area (Å²) in [6, 6.07) is 32.6. The van der Waals surface area contributed by atoms with E-state index in [2.05, 4.69) is 72.2 Å². The number of hydrogen-bond acceptors (Lipinski definition) is 9. The molecular weight excluding hydrogens is 797 g/mol. The van der Waals surface area contributed by atoms with Gasteiger partial charge in [-0.05, 0) is 85.0 Å². The Morgan fingerprint density at radius 3 is 2.03 bits per heavy atom. The van der Waals surface area contributed by atoms with Gasteiger partial charge in [0, 0.05) is 59.9 Å². The van der Waals surface area contributed by atoms with E-state index in [4.69, 9.17) is 9.82 Å². The van der Waals surface area contributed by atoms with Crippen LogP contribution in [0.3, 0.4) is 0 Å². The molecule has 7 aromatic rings. The van der Waals surface area contributed by atoms with E-state index in [0.717, 1.165) is 70.0 Å². The van der Waals surface area contributed by atoms with E-state index in [0.29, 0.717) is 48.7 Å². The van der Waals surface area contributed by atoms with Gasteiger partial charge in [-0.15, -0.1) is 5.10 Å². The van der Waals surface area contributed by atoms with Crippen molar-refractivity contribution in [3.8, 4) is 0 Å². The summed E-state index contributed by atoms with van der Waals surface area (Å²) in [5.41, 5.74) is 3.59. The number of anilines is 7. The number of nitrogens with zero attached hydrogens (tertiary/aromatic N) is 5. The van der Waals surface area contributed by atoms with E-state index >= 15 is 0 Å². The average molecular weight is 842 g/mol. The molecule has 3 heterocycles. The van der Waals surface area contributed by atoms with Crippen LogP contribution in [-0.4, -0.2) is 31.6 Å². The molecule has 1 aliphatic rings. The van der Waals surface area contributed by atoms with E-state index in [-0.39, 0.29) is 24.1 Å². The Balaban J connectivity index is 1.04. The second-order valence-electron chi connectivity index (χ2n) is 15.6. The van der Waals surface area contributed by atoms with Gasteiger partial charge in [0.1, 0.15) is 16.5 Å². The summed E-state index contributed by atoms with van der Waals surface area (Å²) >= 11 is 0. The Morgan fingerprint density at radius 2 is 1.35 bits per heavy atom. The maximum Gasteiger partial charge on any atom is 0.271 e. The van der Waals surface area contributed by atoms with Crippen LogP contribution in [0.5, 0.6) is 0 Å². The molecule has 0 amide bonds. The van der Waals surface area contributed by atoms with E-state index < -0.39 is 23.0 Å². The monoisotopic (exact) mass is 841 g/mol. The van der Waals surface area contributed by atoms with Crippen molar-refractivity contribution in [1.29, 1.82) is 0 Å². The predicted molar refractivity (Wildman–Crippen MR) is 235 cm³/mol. The molecule has 4 aromatic carbocycles. The second kappa shape index (κ2) is 17.0. The number of nitrogens with one attached hydrogen (secondary N) is 5. The first kappa shape index (κ1) is 41.4.